The fraction of sp³-hybridized carbons (Fsp3) is 0.700. The zero-order chi connectivity index (χ0) is 11.5. The number of aromatic nitrogens is 3. The van der Waals surface area contributed by atoms with E-state index in [4.69, 9.17) is 16.3 Å². The average Bonchev–Trinajstić information content (AvgIpc) is 3.00. The van der Waals surface area contributed by atoms with Gasteiger partial charge in [-0.05, 0) is 30.9 Å². The maximum Gasteiger partial charge on any atom is 0.322 e. The summed E-state index contributed by atoms with van der Waals surface area (Å²) in [4.78, 5) is 11.9. The number of nitrogens with one attached hydrogen (secondary N) is 1. The molecule has 16 heavy (non-hydrogen) atoms. The Morgan fingerprint density at radius 1 is 1.44 bits per heavy atom. The Morgan fingerprint density at radius 3 is 2.81 bits per heavy atom. The van der Waals surface area contributed by atoms with E-state index in [1.165, 1.54) is 20.0 Å². The number of nitrogens with zero attached hydrogens (tertiary/aromatic N) is 3. The zero-order valence-electron chi connectivity index (χ0n) is 9.40. The van der Waals surface area contributed by atoms with Gasteiger partial charge in [0.25, 0.3) is 0 Å². The zero-order valence-corrected chi connectivity index (χ0v) is 10.2. The molecule has 1 aliphatic rings. The first-order valence-electron chi connectivity index (χ1n) is 5.39. The summed E-state index contributed by atoms with van der Waals surface area (Å²) in [5.74, 6) is 1.34. The van der Waals surface area contributed by atoms with Crippen molar-refractivity contribution in [2.45, 2.75) is 32.2 Å². The van der Waals surface area contributed by atoms with Crippen LogP contribution in [-0.2, 0) is 0 Å². The van der Waals surface area contributed by atoms with E-state index in [0.717, 1.165) is 12.3 Å². The Hall–Kier alpha value is -1.10. The lowest BCUT2D eigenvalue weighted by Gasteiger charge is -2.13. The minimum absolute atomic E-state index is 0.146. The maximum atomic E-state index is 5.75. The largest absolute Gasteiger partial charge is 0.467 e. The second-order valence-corrected chi connectivity index (χ2v) is 4.48. The van der Waals surface area contributed by atoms with Crippen LogP contribution in [0.1, 0.15) is 26.2 Å². The predicted molar refractivity (Wildman–Crippen MR) is 61.8 cm³/mol. The normalized spacial score (nSPS) is 16.9. The van der Waals surface area contributed by atoms with Gasteiger partial charge in [-0.3, -0.25) is 0 Å². The molecule has 1 aromatic heterocycles. The number of ether oxygens (including phenoxy) is 1. The molecule has 0 bridgehead atoms. The monoisotopic (exact) mass is 242 g/mol. The predicted octanol–water partition coefficient (Wildman–Crippen LogP) is 2.13. The first kappa shape index (κ1) is 11.4. The Balaban J connectivity index is 1.98. The van der Waals surface area contributed by atoms with Crippen LogP contribution in [0.25, 0.3) is 0 Å². The third kappa shape index (κ3) is 3.20. The lowest BCUT2D eigenvalue weighted by Crippen LogP contribution is -2.18. The molecule has 1 heterocycles. The van der Waals surface area contributed by atoms with E-state index >= 15 is 0 Å². The molecule has 1 unspecified atom stereocenters. The van der Waals surface area contributed by atoms with E-state index in [-0.39, 0.29) is 11.3 Å². The van der Waals surface area contributed by atoms with Gasteiger partial charge in [0.2, 0.25) is 11.2 Å². The summed E-state index contributed by atoms with van der Waals surface area (Å²) in [6.45, 7) is 2.11. The van der Waals surface area contributed by atoms with Gasteiger partial charge < -0.3 is 10.1 Å². The van der Waals surface area contributed by atoms with E-state index in [2.05, 4.69) is 27.2 Å². The highest BCUT2D eigenvalue weighted by molar-refractivity contribution is 6.28. The standard InChI is InChI=1S/C10H15ClN4O/c1-6(5-7-3-4-7)12-9-13-8(11)14-10(15-9)16-2/h6-7H,3-5H2,1-2H3,(H,12,13,14,15). The van der Waals surface area contributed by atoms with Crippen LogP contribution >= 0.6 is 11.6 Å². The topological polar surface area (TPSA) is 59.9 Å². The molecule has 1 fully saturated rings. The molecule has 0 spiro atoms. The third-order valence-corrected chi connectivity index (χ3v) is 2.70. The van der Waals surface area contributed by atoms with Gasteiger partial charge in [-0.25, -0.2) is 0 Å². The smallest absolute Gasteiger partial charge is 0.322 e. The van der Waals surface area contributed by atoms with E-state index in [1.807, 2.05) is 0 Å². The van der Waals surface area contributed by atoms with Gasteiger partial charge in [0.15, 0.2) is 0 Å². The highest BCUT2D eigenvalue weighted by Gasteiger charge is 2.23. The van der Waals surface area contributed by atoms with Crippen LogP contribution in [0.5, 0.6) is 6.01 Å². The molecule has 1 N–H and O–H groups in total. The molecule has 1 aliphatic carbocycles. The van der Waals surface area contributed by atoms with Gasteiger partial charge in [0.05, 0.1) is 7.11 Å². The van der Waals surface area contributed by atoms with Gasteiger partial charge in [-0.15, -0.1) is 0 Å². The molecule has 1 aromatic rings. The summed E-state index contributed by atoms with van der Waals surface area (Å²) >= 11 is 5.75. The third-order valence-electron chi connectivity index (χ3n) is 2.53. The molecule has 0 aromatic carbocycles. The van der Waals surface area contributed by atoms with Crippen molar-refractivity contribution in [3.05, 3.63) is 5.28 Å². The van der Waals surface area contributed by atoms with E-state index in [0.29, 0.717) is 12.0 Å². The van der Waals surface area contributed by atoms with Crippen molar-refractivity contribution in [3.8, 4) is 6.01 Å². The van der Waals surface area contributed by atoms with Gasteiger partial charge in [0.1, 0.15) is 0 Å². The summed E-state index contributed by atoms with van der Waals surface area (Å²) in [6.07, 6.45) is 3.83. The molecule has 6 heteroatoms. The van der Waals surface area contributed by atoms with Crippen molar-refractivity contribution in [2.24, 2.45) is 5.92 Å². The lowest BCUT2D eigenvalue weighted by molar-refractivity contribution is 0.378. The minimum atomic E-state index is 0.146. The Labute approximate surface area is 99.6 Å². The molecular weight excluding hydrogens is 228 g/mol. The fourth-order valence-corrected chi connectivity index (χ4v) is 1.77. The van der Waals surface area contributed by atoms with Gasteiger partial charge in [-0.1, -0.05) is 12.8 Å². The molecule has 2 rings (SSSR count). The molecule has 0 amide bonds. The van der Waals surface area contributed by atoms with Crippen LogP contribution in [0, 0.1) is 5.92 Å². The highest BCUT2D eigenvalue weighted by Crippen LogP contribution is 2.33. The lowest BCUT2D eigenvalue weighted by atomic mass is 10.2. The molecule has 0 radical (unpaired) electrons. The second kappa shape index (κ2) is 4.82. The Bertz CT molecular complexity index is 370. The second-order valence-electron chi connectivity index (χ2n) is 4.14. The minimum Gasteiger partial charge on any atom is -0.467 e. The number of rotatable bonds is 5. The summed E-state index contributed by atoms with van der Waals surface area (Å²) in [7, 11) is 1.50. The van der Waals surface area contributed by atoms with Crippen LogP contribution in [-0.4, -0.2) is 28.1 Å². The number of hydrogen-bond acceptors (Lipinski definition) is 5. The highest BCUT2D eigenvalue weighted by atomic mass is 35.5. The van der Waals surface area contributed by atoms with Crippen molar-refractivity contribution in [2.75, 3.05) is 12.4 Å². The van der Waals surface area contributed by atoms with Crippen LogP contribution < -0.4 is 10.1 Å². The number of hydrogen-bond donors (Lipinski definition) is 1. The van der Waals surface area contributed by atoms with Crippen molar-refractivity contribution < 1.29 is 4.74 Å². The summed E-state index contributed by atoms with van der Waals surface area (Å²) < 4.78 is 4.92. The van der Waals surface area contributed by atoms with Crippen LogP contribution in [0.2, 0.25) is 5.28 Å². The Kier molecular flexibility index (Phi) is 3.43. The SMILES string of the molecule is COc1nc(Cl)nc(NC(C)CC2CC2)n1. The van der Waals surface area contributed by atoms with E-state index < -0.39 is 0 Å². The average molecular weight is 243 g/mol. The van der Waals surface area contributed by atoms with Crippen molar-refractivity contribution in [1.29, 1.82) is 0 Å². The van der Waals surface area contributed by atoms with Crippen molar-refractivity contribution >= 4 is 17.5 Å². The van der Waals surface area contributed by atoms with Gasteiger partial charge >= 0.3 is 6.01 Å². The quantitative estimate of drug-likeness (QED) is 0.857. The molecule has 5 nitrogen and oxygen atoms in total. The fourth-order valence-electron chi connectivity index (χ4n) is 1.62. The summed E-state index contributed by atoms with van der Waals surface area (Å²) in [5.41, 5.74) is 0. The molecule has 88 valence electrons. The Morgan fingerprint density at radius 2 is 2.19 bits per heavy atom. The van der Waals surface area contributed by atoms with Crippen molar-refractivity contribution in [1.82, 2.24) is 15.0 Å². The summed E-state index contributed by atoms with van der Waals surface area (Å²) in [5, 5.41) is 3.35. The first-order chi connectivity index (χ1) is 7.67. The first-order valence-corrected chi connectivity index (χ1v) is 5.77. The van der Waals surface area contributed by atoms with Gasteiger partial charge in [-0.2, -0.15) is 15.0 Å². The maximum absolute atomic E-state index is 5.75. The molecule has 0 saturated heterocycles. The molecule has 0 aliphatic heterocycles. The number of anilines is 1. The summed E-state index contributed by atoms with van der Waals surface area (Å²) in [6, 6.07) is 0.580. The number of halogens is 1. The molecule has 1 saturated carbocycles. The van der Waals surface area contributed by atoms with Crippen molar-refractivity contribution in [3.63, 3.8) is 0 Å². The van der Waals surface area contributed by atoms with Crippen LogP contribution in [0.15, 0.2) is 0 Å². The molecular formula is C10H15ClN4O. The van der Waals surface area contributed by atoms with Gasteiger partial charge in [0, 0.05) is 6.04 Å². The van der Waals surface area contributed by atoms with E-state index in [1.54, 1.807) is 0 Å². The van der Waals surface area contributed by atoms with E-state index in [9.17, 15) is 0 Å². The number of methoxy groups -OCH3 is 1. The van der Waals surface area contributed by atoms with Crippen LogP contribution in [0.3, 0.4) is 0 Å². The van der Waals surface area contributed by atoms with Crippen LogP contribution in [0.4, 0.5) is 5.95 Å². The molecule has 1 atom stereocenters.